The summed E-state index contributed by atoms with van der Waals surface area (Å²) in [5.74, 6) is -2.63. The average Bonchev–Trinajstić information content (AvgIpc) is 2.19. The van der Waals surface area contributed by atoms with Crippen LogP contribution in [0.4, 0.5) is 13.2 Å². The smallest absolute Gasteiger partial charge is 0.405 e. The highest BCUT2D eigenvalue weighted by Crippen LogP contribution is 2.18. The van der Waals surface area contributed by atoms with E-state index in [1.807, 2.05) is 0 Å². The summed E-state index contributed by atoms with van der Waals surface area (Å²) in [5.41, 5.74) is 0. The number of esters is 1. The number of unbranched alkanes of at least 4 members (excludes halogenated alkanes) is 1. The van der Waals surface area contributed by atoms with Crippen molar-refractivity contribution in [3.8, 4) is 0 Å². The highest BCUT2D eigenvalue weighted by Gasteiger charge is 2.35. The van der Waals surface area contributed by atoms with Crippen LogP contribution < -0.4 is 0 Å². The lowest BCUT2D eigenvalue weighted by Gasteiger charge is -2.08. The number of hydrogen-bond acceptors (Lipinski definition) is 5. The predicted octanol–water partition coefficient (Wildman–Crippen LogP) is 1.40. The highest BCUT2D eigenvalue weighted by atomic mass is 32.2. The Hall–Kier alpha value is -1.09. The summed E-state index contributed by atoms with van der Waals surface area (Å²) in [6.45, 7) is 2.79. The van der Waals surface area contributed by atoms with Crippen LogP contribution in [0, 0.1) is 0 Å². The zero-order chi connectivity index (χ0) is 14.2. The lowest BCUT2D eigenvalue weighted by Crippen LogP contribution is -2.24. The minimum atomic E-state index is -4.82. The minimum Gasteiger partial charge on any atom is -0.463 e. The van der Waals surface area contributed by atoms with E-state index in [4.69, 9.17) is 0 Å². The zero-order valence-electron chi connectivity index (χ0n) is 9.40. The van der Waals surface area contributed by atoms with Crippen molar-refractivity contribution in [2.75, 3.05) is 19.0 Å². The second kappa shape index (κ2) is 7.37. The Balaban J connectivity index is 3.72. The fourth-order valence-electron chi connectivity index (χ4n) is 0.864. The predicted molar refractivity (Wildman–Crippen MR) is 56.2 cm³/mol. The molecule has 0 unspecified atom stereocenters. The molecule has 0 rings (SSSR count). The molecule has 0 aliphatic carbocycles. The molecule has 5 nitrogen and oxygen atoms in total. The van der Waals surface area contributed by atoms with E-state index < -0.39 is 28.0 Å². The molecule has 0 atom stereocenters. The Morgan fingerprint density at radius 2 is 1.78 bits per heavy atom. The molecule has 106 valence electrons. The standard InChI is InChI=1S/C9H13F3O5S/c1-2-8(13)16-5-3-4-6-17-18(14,15)7-9(10,11)12/h2H,1,3-7H2. The second-order valence-electron chi connectivity index (χ2n) is 3.22. The van der Waals surface area contributed by atoms with Gasteiger partial charge in [-0.05, 0) is 12.8 Å². The van der Waals surface area contributed by atoms with Gasteiger partial charge in [0, 0.05) is 6.08 Å². The first-order chi connectivity index (χ1) is 8.16. The third kappa shape index (κ3) is 10.1. The van der Waals surface area contributed by atoms with Crippen LogP contribution in [0.2, 0.25) is 0 Å². The first-order valence-corrected chi connectivity index (χ1v) is 6.47. The van der Waals surface area contributed by atoms with Crippen molar-refractivity contribution in [2.24, 2.45) is 0 Å². The molecule has 0 saturated carbocycles. The van der Waals surface area contributed by atoms with Crippen molar-refractivity contribution in [1.82, 2.24) is 0 Å². The third-order valence-electron chi connectivity index (χ3n) is 1.55. The van der Waals surface area contributed by atoms with Gasteiger partial charge in [-0.2, -0.15) is 21.6 Å². The van der Waals surface area contributed by atoms with Crippen LogP contribution in [0.25, 0.3) is 0 Å². The van der Waals surface area contributed by atoms with Crippen LogP contribution in [0.3, 0.4) is 0 Å². The van der Waals surface area contributed by atoms with Gasteiger partial charge in [-0.1, -0.05) is 6.58 Å². The topological polar surface area (TPSA) is 69.7 Å². The Morgan fingerprint density at radius 3 is 2.28 bits per heavy atom. The third-order valence-corrected chi connectivity index (χ3v) is 2.76. The van der Waals surface area contributed by atoms with Gasteiger partial charge in [0.05, 0.1) is 13.2 Å². The van der Waals surface area contributed by atoms with Crippen LogP contribution in [0.1, 0.15) is 12.8 Å². The Morgan fingerprint density at radius 1 is 1.22 bits per heavy atom. The van der Waals surface area contributed by atoms with E-state index in [0.717, 1.165) is 6.08 Å². The first kappa shape index (κ1) is 16.9. The molecular formula is C9H13F3O5S. The number of carbonyl (C=O) groups is 1. The molecule has 0 radical (unpaired) electrons. The van der Waals surface area contributed by atoms with Crippen LogP contribution in [-0.4, -0.2) is 39.5 Å². The second-order valence-corrected chi connectivity index (χ2v) is 4.86. The number of alkyl halides is 3. The zero-order valence-corrected chi connectivity index (χ0v) is 10.2. The summed E-state index contributed by atoms with van der Waals surface area (Å²) in [4.78, 5) is 10.6. The van der Waals surface area contributed by atoms with Gasteiger partial charge in [0.25, 0.3) is 10.1 Å². The summed E-state index contributed by atoms with van der Waals surface area (Å²) in [7, 11) is -4.60. The summed E-state index contributed by atoms with van der Waals surface area (Å²) >= 11 is 0. The minimum absolute atomic E-state index is 0.0214. The summed E-state index contributed by atoms with van der Waals surface area (Å²) in [5, 5.41) is 0. The largest absolute Gasteiger partial charge is 0.463 e. The van der Waals surface area contributed by atoms with Gasteiger partial charge in [-0.25, -0.2) is 4.79 Å². The van der Waals surface area contributed by atoms with Gasteiger partial charge in [-0.3, -0.25) is 4.18 Å². The van der Waals surface area contributed by atoms with Gasteiger partial charge in [0.1, 0.15) is 0 Å². The molecule has 0 spiro atoms. The molecule has 0 N–H and O–H groups in total. The van der Waals surface area contributed by atoms with E-state index in [0.29, 0.717) is 0 Å². The average molecular weight is 290 g/mol. The van der Waals surface area contributed by atoms with Crippen LogP contribution in [0.5, 0.6) is 0 Å². The summed E-state index contributed by atoms with van der Waals surface area (Å²) < 4.78 is 65.6. The monoisotopic (exact) mass is 290 g/mol. The van der Waals surface area contributed by atoms with Crippen molar-refractivity contribution in [2.45, 2.75) is 19.0 Å². The van der Waals surface area contributed by atoms with Crippen molar-refractivity contribution in [1.29, 1.82) is 0 Å². The molecule has 9 heteroatoms. The van der Waals surface area contributed by atoms with Gasteiger partial charge in [-0.15, -0.1) is 0 Å². The van der Waals surface area contributed by atoms with E-state index >= 15 is 0 Å². The molecule has 0 aromatic heterocycles. The van der Waals surface area contributed by atoms with E-state index in [1.165, 1.54) is 0 Å². The molecule has 0 saturated heterocycles. The Bertz CT molecular complexity index is 374. The highest BCUT2D eigenvalue weighted by molar-refractivity contribution is 7.86. The summed E-state index contributed by atoms with van der Waals surface area (Å²) in [6.07, 6.45) is -3.43. The van der Waals surface area contributed by atoms with E-state index in [2.05, 4.69) is 15.5 Å². The van der Waals surface area contributed by atoms with E-state index in [9.17, 15) is 26.4 Å². The van der Waals surface area contributed by atoms with Gasteiger partial charge in [0.2, 0.25) is 0 Å². The van der Waals surface area contributed by atoms with Crippen molar-refractivity contribution in [3.63, 3.8) is 0 Å². The van der Waals surface area contributed by atoms with Crippen LogP contribution in [0.15, 0.2) is 12.7 Å². The Kier molecular flexibility index (Phi) is 6.92. The van der Waals surface area contributed by atoms with Crippen molar-refractivity contribution < 1.29 is 35.3 Å². The molecule has 0 bridgehead atoms. The maximum absolute atomic E-state index is 11.8. The van der Waals surface area contributed by atoms with Gasteiger partial charge < -0.3 is 4.74 Å². The molecule has 0 amide bonds. The Labute approximate surface area is 103 Å². The number of halogens is 3. The van der Waals surface area contributed by atoms with Crippen molar-refractivity contribution in [3.05, 3.63) is 12.7 Å². The molecule has 0 aromatic rings. The molecule has 0 aliphatic heterocycles. The molecule has 18 heavy (non-hydrogen) atoms. The van der Waals surface area contributed by atoms with Gasteiger partial charge in [0.15, 0.2) is 5.75 Å². The quantitative estimate of drug-likeness (QED) is 0.292. The number of rotatable bonds is 8. The first-order valence-electron chi connectivity index (χ1n) is 4.89. The normalized spacial score (nSPS) is 12.2. The lowest BCUT2D eigenvalue weighted by molar-refractivity contribution is -0.137. The fourth-order valence-corrected chi connectivity index (χ4v) is 1.72. The number of ether oxygens (including phenoxy) is 1. The SMILES string of the molecule is C=CC(=O)OCCCCOS(=O)(=O)CC(F)(F)F. The molecular weight excluding hydrogens is 277 g/mol. The number of carbonyl (C=O) groups excluding carboxylic acids is 1. The fraction of sp³-hybridized carbons (Fsp3) is 0.667. The maximum Gasteiger partial charge on any atom is 0.405 e. The summed E-state index contributed by atoms with van der Waals surface area (Å²) in [6, 6.07) is 0. The number of hydrogen-bond donors (Lipinski definition) is 0. The molecule has 0 aromatic carbocycles. The molecule has 0 fully saturated rings. The van der Waals surface area contributed by atoms with E-state index in [-0.39, 0.29) is 26.1 Å². The van der Waals surface area contributed by atoms with Gasteiger partial charge >= 0.3 is 12.1 Å². The van der Waals surface area contributed by atoms with Crippen LogP contribution >= 0.6 is 0 Å². The lowest BCUT2D eigenvalue weighted by atomic mass is 10.3. The van der Waals surface area contributed by atoms with E-state index in [1.54, 1.807) is 0 Å². The van der Waals surface area contributed by atoms with Crippen molar-refractivity contribution >= 4 is 16.1 Å². The molecule has 0 aliphatic rings. The molecule has 0 heterocycles. The van der Waals surface area contributed by atoms with Crippen LogP contribution in [-0.2, 0) is 23.8 Å². The maximum atomic E-state index is 11.8.